The molecule has 35 nitrogen and oxygen atoms in total. The Balaban J connectivity index is 1.24. The molecular weight excluding hydrogens is 1630 g/mol. The zero-order chi connectivity index (χ0) is 90.8. The standard InChI is InChI=1S/C91H120N14O21/c1-60(2)53-74-83(113)99-69(43-23-27-48-93-87(117)122-55-64-33-13-6-14-34-64)78(108)98-72(46-26-30-51-96-90(120)125-58-67-39-19-9-20-40-67)82(112)104-76(61(3)106)85(115)92-52-47-73(81(111)97-70(44-24-28-49-94-88(118)123-56-65-35-15-7-16-36-65)80(110)103-75(84(114)102-74)54-63-31-11-5-12-32-63)100-79(109)71(45-25-29-50-95-89(119)124-57-66-37-17-8-18-38-66)101-86(116)77(62(4)107)105-91(121)126-59-68-41-21-10-22-42-68/h5-22,31-42,60-62,69-77,106-107H,23-30,43-59H2,1-4H3,(H,92,115)(H,93,117)(H,94,118)(H,95,119)(H,96,120)(H,97,111)(H,98,108)(H,99,113)(H,100,109)(H,101,116)(H,102,114)(H,103,110)(H,104,112)(H,105,121)/t61-,62-,69+,70+,71+,72+,73+,74+,75-,76-,77+/m1/s1. The third-order valence-electron chi connectivity index (χ3n) is 20.1. The van der Waals surface area contributed by atoms with Gasteiger partial charge >= 0.3 is 30.5 Å². The largest absolute Gasteiger partial charge is 0.445 e. The summed E-state index contributed by atoms with van der Waals surface area (Å²) >= 11 is 0. The van der Waals surface area contributed by atoms with E-state index in [9.17, 15) is 48.6 Å². The van der Waals surface area contributed by atoms with Crippen LogP contribution in [-0.2, 0) is 106 Å². The number of alkyl carbamates (subject to hydrolysis) is 5. The lowest BCUT2D eigenvalue weighted by atomic mass is 9.99. The fourth-order valence-corrected chi connectivity index (χ4v) is 13.2. The summed E-state index contributed by atoms with van der Waals surface area (Å²) in [5, 5.41) is 59.7. The summed E-state index contributed by atoms with van der Waals surface area (Å²) in [6.45, 7) is 5.12. The third-order valence-corrected chi connectivity index (χ3v) is 20.1. The molecule has 0 saturated carbocycles. The molecule has 11 atom stereocenters. The molecular formula is C91H120N14O21. The summed E-state index contributed by atoms with van der Waals surface area (Å²) in [6, 6.07) is 38.1. The lowest BCUT2D eigenvalue weighted by molar-refractivity contribution is -0.136. The van der Waals surface area contributed by atoms with Gasteiger partial charge in [-0.15, -0.1) is 0 Å². The number of benzene rings is 6. The smallest absolute Gasteiger partial charge is 0.408 e. The van der Waals surface area contributed by atoms with Crippen molar-refractivity contribution in [3.63, 3.8) is 0 Å². The number of aliphatic hydroxyl groups is 2. The van der Waals surface area contributed by atoms with Crippen LogP contribution in [0, 0.1) is 5.92 Å². The summed E-state index contributed by atoms with van der Waals surface area (Å²) in [5.41, 5.74) is 4.04. The van der Waals surface area contributed by atoms with E-state index in [1.807, 2.05) is 12.1 Å². The van der Waals surface area contributed by atoms with Crippen molar-refractivity contribution in [2.24, 2.45) is 5.92 Å². The van der Waals surface area contributed by atoms with Gasteiger partial charge in [0.05, 0.1) is 12.2 Å². The normalized spacial score (nSPS) is 18.3. The molecule has 1 saturated heterocycles. The van der Waals surface area contributed by atoms with E-state index in [1.165, 1.54) is 13.8 Å². The van der Waals surface area contributed by atoms with Crippen LogP contribution in [0.3, 0.4) is 0 Å². The Morgan fingerprint density at radius 1 is 0.365 bits per heavy atom. The van der Waals surface area contributed by atoms with Crippen molar-refractivity contribution in [3.05, 3.63) is 215 Å². The number of hydrogen-bond acceptors (Lipinski definition) is 21. The molecule has 1 aliphatic heterocycles. The number of carbonyl (C=O) groups excluding carboxylic acids is 14. The number of rotatable bonds is 41. The van der Waals surface area contributed by atoms with Crippen molar-refractivity contribution < 1.29 is 101 Å². The molecule has 0 unspecified atom stereocenters. The predicted octanol–water partition coefficient (Wildman–Crippen LogP) is 6.12. The van der Waals surface area contributed by atoms with E-state index < -0.39 is 163 Å². The highest BCUT2D eigenvalue weighted by atomic mass is 16.6. The minimum absolute atomic E-state index is 0.0000244. The topological polar surface area (TPSA) is 494 Å². The average molecular weight is 1750 g/mol. The van der Waals surface area contributed by atoms with E-state index in [1.54, 1.807) is 184 Å². The van der Waals surface area contributed by atoms with Crippen LogP contribution in [0.1, 0.15) is 151 Å². The lowest BCUT2D eigenvalue weighted by Gasteiger charge is -2.29. The van der Waals surface area contributed by atoms with Gasteiger partial charge in [-0.3, -0.25) is 43.2 Å². The molecule has 14 amide bonds. The lowest BCUT2D eigenvalue weighted by Crippen LogP contribution is -2.61. The second-order valence-corrected chi connectivity index (χ2v) is 30.9. The Hall–Kier alpha value is -13.2. The molecule has 0 radical (unpaired) electrons. The molecule has 6 aromatic carbocycles. The van der Waals surface area contributed by atoms with E-state index in [2.05, 4.69) is 74.4 Å². The summed E-state index contributed by atoms with van der Waals surface area (Å²) in [6.07, 6.45) is -7.85. The van der Waals surface area contributed by atoms with E-state index in [4.69, 9.17) is 23.7 Å². The van der Waals surface area contributed by atoms with Gasteiger partial charge in [0.25, 0.3) is 0 Å². The molecule has 1 heterocycles. The van der Waals surface area contributed by atoms with Crippen molar-refractivity contribution >= 4 is 83.6 Å². The van der Waals surface area contributed by atoms with Gasteiger partial charge in [-0.1, -0.05) is 196 Å². The van der Waals surface area contributed by atoms with E-state index >= 15 is 28.8 Å². The minimum Gasteiger partial charge on any atom is -0.445 e. The summed E-state index contributed by atoms with van der Waals surface area (Å²) in [5.74, 6) is -9.28. The van der Waals surface area contributed by atoms with Crippen LogP contribution >= 0.6 is 0 Å². The zero-order valence-corrected chi connectivity index (χ0v) is 71.6. The van der Waals surface area contributed by atoms with Gasteiger partial charge in [0, 0.05) is 39.1 Å². The fraction of sp³-hybridized carbons (Fsp3) is 0.451. The summed E-state index contributed by atoms with van der Waals surface area (Å²) in [7, 11) is 0. The minimum atomic E-state index is -1.83. The van der Waals surface area contributed by atoms with Gasteiger partial charge in [0.2, 0.25) is 53.2 Å². The number of nitrogens with one attached hydrogen (secondary N) is 14. The molecule has 0 spiro atoms. The van der Waals surface area contributed by atoms with Crippen LogP contribution in [0.25, 0.3) is 0 Å². The maximum absolute atomic E-state index is 15.5. The third kappa shape index (κ3) is 38.7. The molecule has 1 fully saturated rings. The average Bonchev–Trinajstić information content (AvgIpc) is 0.956. The van der Waals surface area contributed by atoms with Crippen molar-refractivity contribution in [2.45, 2.75) is 224 Å². The Morgan fingerprint density at radius 2 is 0.690 bits per heavy atom. The van der Waals surface area contributed by atoms with Gasteiger partial charge in [0.15, 0.2) is 0 Å². The van der Waals surface area contributed by atoms with Crippen molar-refractivity contribution in [1.29, 1.82) is 0 Å². The Kier molecular flexibility index (Phi) is 44.3. The highest BCUT2D eigenvalue weighted by molar-refractivity contribution is 5.99. The molecule has 16 N–H and O–H groups in total. The molecule has 126 heavy (non-hydrogen) atoms. The van der Waals surface area contributed by atoms with Crippen LogP contribution in [0.4, 0.5) is 24.0 Å². The second-order valence-electron chi connectivity index (χ2n) is 30.9. The van der Waals surface area contributed by atoms with E-state index in [0.717, 1.165) is 22.3 Å². The Labute approximate surface area is 733 Å². The summed E-state index contributed by atoms with van der Waals surface area (Å²) < 4.78 is 26.9. The number of amides is 14. The summed E-state index contributed by atoms with van der Waals surface area (Å²) in [4.78, 5) is 201. The molecule has 1 aliphatic rings. The van der Waals surface area contributed by atoms with Crippen molar-refractivity contribution in [3.8, 4) is 0 Å². The first-order chi connectivity index (χ1) is 60.8. The highest BCUT2D eigenvalue weighted by Crippen LogP contribution is 2.17. The monoisotopic (exact) mass is 1740 g/mol. The van der Waals surface area contributed by atoms with Gasteiger partial charge in [-0.2, -0.15) is 0 Å². The van der Waals surface area contributed by atoms with Gasteiger partial charge in [0.1, 0.15) is 87.4 Å². The van der Waals surface area contributed by atoms with Crippen LogP contribution < -0.4 is 74.4 Å². The second kappa shape index (κ2) is 55.8. The first kappa shape index (κ1) is 99.9. The molecule has 0 aromatic heterocycles. The number of aliphatic hydroxyl groups excluding tert-OH is 2. The number of ether oxygens (including phenoxy) is 5. The number of unbranched alkanes of at least 4 members (excludes halogenated alkanes) is 4. The van der Waals surface area contributed by atoms with Crippen LogP contribution in [-0.4, -0.2) is 193 Å². The fourth-order valence-electron chi connectivity index (χ4n) is 13.2. The van der Waals surface area contributed by atoms with Gasteiger partial charge < -0.3 is 108 Å². The van der Waals surface area contributed by atoms with Gasteiger partial charge in [-0.25, -0.2) is 24.0 Å². The number of hydrogen-bond donors (Lipinski definition) is 16. The SMILES string of the molecule is CC(C)C[C@@H]1NC(=O)[C@@H](Cc2ccccc2)NC(=O)[C@H](CCCCNC(=O)OCc2ccccc2)NC(=O)[C@@H](NC(=O)[C@H](CCCCNC(=O)OCc2ccccc2)NC(=O)[C@@H](NC(=O)OCc2ccccc2)[C@@H](C)O)CCNC(=O)[C@@H]([C@@H](C)O)NC(=O)[C@H](CCCCNC(=O)OCc2ccccc2)NC(=O)[C@H](CCCCNC(=O)OCc2ccccc2)NC1=O. The first-order valence-corrected chi connectivity index (χ1v) is 42.6. The quantitative estimate of drug-likeness (QED) is 0.0152. The van der Waals surface area contributed by atoms with Crippen LogP contribution in [0.5, 0.6) is 0 Å². The van der Waals surface area contributed by atoms with Crippen molar-refractivity contribution in [1.82, 2.24) is 74.4 Å². The van der Waals surface area contributed by atoms with Gasteiger partial charge in [-0.05, 0) is 143 Å². The molecule has 0 aliphatic carbocycles. The predicted molar refractivity (Wildman–Crippen MR) is 464 cm³/mol. The highest BCUT2D eigenvalue weighted by Gasteiger charge is 2.38. The van der Waals surface area contributed by atoms with Crippen LogP contribution in [0.2, 0.25) is 0 Å². The maximum atomic E-state index is 15.5. The Bertz CT molecular complexity index is 4390. The van der Waals surface area contributed by atoms with Crippen LogP contribution in [0.15, 0.2) is 182 Å². The van der Waals surface area contributed by atoms with Crippen molar-refractivity contribution in [2.75, 3.05) is 32.7 Å². The zero-order valence-electron chi connectivity index (χ0n) is 71.6. The molecule has 35 heteroatoms. The molecule has 6 aromatic rings. The first-order valence-electron chi connectivity index (χ1n) is 42.6. The van der Waals surface area contributed by atoms with E-state index in [-0.39, 0.29) is 155 Å². The molecule has 680 valence electrons. The Morgan fingerprint density at radius 3 is 1.06 bits per heavy atom. The maximum Gasteiger partial charge on any atom is 0.408 e. The van der Waals surface area contributed by atoms with E-state index in [0.29, 0.717) is 11.1 Å². The molecule has 0 bridgehead atoms. The molecule has 7 rings (SSSR count). The number of carbonyl (C=O) groups is 14.